The van der Waals surface area contributed by atoms with Crippen molar-refractivity contribution in [3.05, 3.63) is 58.9 Å². The number of Topliss-reactive ketones (excluding diaryl/α,β-unsaturated/α-hetero) is 1. The lowest BCUT2D eigenvalue weighted by Gasteiger charge is -2.51. The fourth-order valence-electron chi connectivity index (χ4n) is 9.63. The summed E-state index contributed by atoms with van der Waals surface area (Å²) in [5, 5.41) is 0. The first-order valence-electron chi connectivity index (χ1n) is 19.1. The number of halogens is 5. The summed E-state index contributed by atoms with van der Waals surface area (Å²) in [6.07, 6.45) is 6.41. The van der Waals surface area contributed by atoms with E-state index < -0.39 is 35.7 Å². The van der Waals surface area contributed by atoms with Crippen molar-refractivity contribution < 1.29 is 40.5 Å². The molecule has 3 aliphatic carbocycles. The van der Waals surface area contributed by atoms with Gasteiger partial charge in [0.2, 0.25) is 0 Å². The van der Waals surface area contributed by atoms with Crippen LogP contribution in [0, 0.1) is 23.2 Å². The van der Waals surface area contributed by atoms with Gasteiger partial charge < -0.3 is 4.74 Å². The Kier molecular flexibility index (Phi) is 12.1. The van der Waals surface area contributed by atoms with Crippen molar-refractivity contribution in [3.8, 4) is 5.75 Å². The van der Waals surface area contributed by atoms with Gasteiger partial charge in [-0.25, -0.2) is 4.79 Å². The first-order valence-corrected chi connectivity index (χ1v) is 20.6. The molecule has 6 unspecified atom stereocenters. The van der Waals surface area contributed by atoms with Crippen molar-refractivity contribution in [3.63, 3.8) is 0 Å². The summed E-state index contributed by atoms with van der Waals surface area (Å²) in [6, 6.07) is 10.0. The SMILES string of the molecule is CC12CCC3c4ccc(OC(=O)N5Cc6cccnc6C5)cc4CC(CCCCCCCCCS(=O)CCCC(F)(F)C(F)(F)F)C3C1CCC2=O. The lowest BCUT2D eigenvalue weighted by atomic mass is 9.52. The Bertz CT molecular complexity index is 1590. The van der Waals surface area contributed by atoms with Crippen LogP contribution in [-0.2, 0) is 35.1 Å². The molecule has 2 heterocycles. The smallest absolute Gasteiger partial charge is 0.410 e. The highest BCUT2D eigenvalue weighted by Gasteiger charge is 2.57. The summed E-state index contributed by atoms with van der Waals surface area (Å²) in [6.45, 7) is 3.13. The Morgan fingerprint density at radius 3 is 2.44 bits per heavy atom. The van der Waals surface area contributed by atoms with Crippen LogP contribution in [0.4, 0.5) is 26.7 Å². The zero-order chi connectivity index (χ0) is 37.1. The predicted octanol–water partition coefficient (Wildman–Crippen LogP) is 10.1. The zero-order valence-corrected chi connectivity index (χ0v) is 30.9. The number of aromatic nitrogens is 1. The van der Waals surface area contributed by atoms with E-state index in [1.807, 2.05) is 18.2 Å². The van der Waals surface area contributed by atoms with Crippen molar-refractivity contribution >= 4 is 22.7 Å². The quantitative estimate of drug-likeness (QED) is 0.134. The minimum atomic E-state index is -5.56. The highest BCUT2D eigenvalue weighted by molar-refractivity contribution is 7.84. The van der Waals surface area contributed by atoms with Crippen molar-refractivity contribution in [2.75, 3.05) is 11.5 Å². The summed E-state index contributed by atoms with van der Waals surface area (Å²) >= 11 is 0. The molecule has 52 heavy (non-hydrogen) atoms. The van der Waals surface area contributed by atoms with Crippen molar-refractivity contribution in [1.82, 2.24) is 9.88 Å². The molecule has 6 rings (SSSR count). The monoisotopic (exact) mass is 750 g/mol. The number of carbonyl (C=O) groups excluding carboxylic acids is 2. The molecular formula is C40H51F5N2O4S. The van der Waals surface area contributed by atoms with Gasteiger partial charge in [0.05, 0.1) is 18.8 Å². The van der Waals surface area contributed by atoms with Crippen LogP contribution in [-0.4, -0.2) is 49.6 Å². The molecule has 4 aliphatic rings. The van der Waals surface area contributed by atoms with E-state index >= 15 is 0 Å². The Balaban J connectivity index is 0.975. The normalized spacial score (nSPS) is 26.0. The molecule has 0 spiro atoms. The van der Waals surface area contributed by atoms with Gasteiger partial charge in [-0.15, -0.1) is 0 Å². The van der Waals surface area contributed by atoms with E-state index in [4.69, 9.17) is 4.74 Å². The third-order valence-electron chi connectivity index (χ3n) is 12.5. The number of carbonyl (C=O) groups is 2. The van der Waals surface area contributed by atoms with Gasteiger partial charge in [0.15, 0.2) is 0 Å². The fraction of sp³-hybridized carbons (Fsp3) is 0.675. The molecule has 0 saturated heterocycles. The van der Waals surface area contributed by atoms with Gasteiger partial charge in [0, 0.05) is 46.8 Å². The number of fused-ring (bicyclic) bond motifs is 6. The number of unbranched alkanes of at least 4 members (excludes halogenated alkanes) is 6. The number of rotatable bonds is 15. The second-order valence-electron chi connectivity index (χ2n) is 15.8. The van der Waals surface area contributed by atoms with Crippen LogP contribution >= 0.6 is 0 Å². The Hall–Kier alpha value is -2.89. The lowest BCUT2D eigenvalue weighted by Crippen LogP contribution is -2.46. The molecule has 286 valence electrons. The maximum absolute atomic E-state index is 13.1. The molecular weight excluding hydrogens is 700 g/mol. The van der Waals surface area contributed by atoms with Gasteiger partial charge in [0.25, 0.3) is 0 Å². The molecule has 6 nitrogen and oxygen atoms in total. The van der Waals surface area contributed by atoms with Gasteiger partial charge in [0.1, 0.15) is 11.5 Å². The van der Waals surface area contributed by atoms with Gasteiger partial charge in [-0.1, -0.05) is 57.6 Å². The van der Waals surface area contributed by atoms with Crippen LogP contribution in [0.5, 0.6) is 5.75 Å². The van der Waals surface area contributed by atoms with Crippen molar-refractivity contribution in [2.24, 2.45) is 23.2 Å². The molecule has 0 bridgehead atoms. The third kappa shape index (κ3) is 8.57. The maximum atomic E-state index is 13.1. The highest BCUT2D eigenvalue weighted by atomic mass is 32.2. The van der Waals surface area contributed by atoms with E-state index in [0.29, 0.717) is 66.9 Å². The number of alkyl halides is 5. The summed E-state index contributed by atoms with van der Waals surface area (Å²) in [5.41, 5.74) is 4.31. The number of nitrogens with zero attached hydrogens (tertiary/aromatic N) is 2. The average molecular weight is 751 g/mol. The topological polar surface area (TPSA) is 76.6 Å². The molecule has 2 fully saturated rings. The molecule has 1 aromatic heterocycles. The molecule has 12 heteroatoms. The largest absolute Gasteiger partial charge is 0.453 e. The van der Waals surface area contributed by atoms with Crippen LogP contribution in [0.1, 0.15) is 125 Å². The first-order chi connectivity index (χ1) is 24.8. The summed E-state index contributed by atoms with van der Waals surface area (Å²) in [5.74, 6) is -1.84. The Morgan fingerprint density at radius 1 is 0.962 bits per heavy atom. The van der Waals surface area contributed by atoms with Gasteiger partial charge >= 0.3 is 18.2 Å². The van der Waals surface area contributed by atoms with Crippen molar-refractivity contribution in [2.45, 2.75) is 134 Å². The third-order valence-corrected chi connectivity index (χ3v) is 13.9. The van der Waals surface area contributed by atoms with E-state index in [9.17, 15) is 35.8 Å². The van der Waals surface area contributed by atoms with Crippen LogP contribution in [0.15, 0.2) is 36.5 Å². The number of pyridine rings is 1. The second kappa shape index (κ2) is 16.2. The number of hydrogen-bond acceptors (Lipinski definition) is 5. The zero-order valence-electron chi connectivity index (χ0n) is 30.0. The summed E-state index contributed by atoms with van der Waals surface area (Å²) in [7, 11) is -1.39. The summed E-state index contributed by atoms with van der Waals surface area (Å²) in [4.78, 5) is 32.3. The van der Waals surface area contributed by atoms with E-state index in [2.05, 4.69) is 24.0 Å². The molecule has 2 aromatic rings. The van der Waals surface area contributed by atoms with E-state index in [1.165, 1.54) is 11.1 Å². The molecule has 0 N–H and O–H groups in total. The van der Waals surface area contributed by atoms with Crippen LogP contribution in [0.2, 0.25) is 0 Å². The van der Waals surface area contributed by atoms with Crippen molar-refractivity contribution in [1.29, 1.82) is 0 Å². The summed E-state index contributed by atoms with van der Waals surface area (Å²) < 4.78 is 81.0. The van der Waals surface area contributed by atoms with Crippen LogP contribution < -0.4 is 4.74 Å². The standard InChI is InChI=1S/C40H51F5N2O4S/c1-38-19-17-32-31-14-13-30(51-37(49)47-25-28-12-9-20-46-34(28)26-47)24-29(31)23-27(36(32)33(38)15-16-35(38)48)11-7-5-3-2-4-6-8-21-52(50)22-10-18-39(41,42)40(43,44)45/h9,12-14,20,24,27,32-33,36H,2-8,10-11,15-19,21-23,25-26H2,1H3. The van der Waals surface area contributed by atoms with Gasteiger partial charge in [-0.3, -0.25) is 18.9 Å². The molecule has 6 atom stereocenters. The minimum Gasteiger partial charge on any atom is -0.410 e. The number of ketones is 1. The molecule has 1 amide bonds. The Morgan fingerprint density at radius 2 is 1.69 bits per heavy atom. The van der Waals surface area contributed by atoms with E-state index in [0.717, 1.165) is 81.9 Å². The first kappa shape index (κ1) is 38.8. The maximum Gasteiger partial charge on any atom is 0.453 e. The number of ether oxygens (including phenoxy) is 1. The average Bonchev–Trinajstić information content (AvgIpc) is 3.67. The number of amides is 1. The van der Waals surface area contributed by atoms with Gasteiger partial charge in [-0.2, -0.15) is 22.0 Å². The van der Waals surface area contributed by atoms with E-state index in [1.54, 1.807) is 11.1 Å². The second-order valence-corrected chi connectivity index (χ2v) is 17.5. The molecule has 0 radical (unpaired) electrons. The molecule has 1 aromatic carbocycles. The highest BCUT2D eigenvalue weighted by Crippen LogP contribution is 2.61. The van der Waals surface area contributed by atoms with E-state index in [-0.39, 0.29) is 17.3 Å². The predicted molar refractivity (Wildman–Crippen MR) is 189 cm³/mol. The van der Waals surface area contributed by atoms with Gasteiger partial charge in [-0.05, 0) is 104 Å². The fourth-order valence-corrected chi connectivity index (χ4v) is 10.8. The lowest BCUT2D eigenvalue weighted by molar-refractivity contribution is -0.284. The molecule has 1 aliphatic heterocycles. The number of hydrogen-bond donors (Lipinski definition) is 0. The Labute approximate surface area is 306 Å². The minimum absolute atomic E-state index is 0.133. The van der Waals surface area contributed by atoms with Crippen LogP contribution in [0.3, 0.4) is 0 Å². The van der Waals surface area contributed by atoms with Crippen LogP contribution in [0.25, 0.3) is 0 Å². The molecule has 2 saturated carbocycles. The number of benzene rings is 1.